The van der Waals surface area contributed by atoms with E-state index in [2.05, 4.69) is 4.98 Å². The molecule has 3 rings (SSSR count). The van der Waals surface area contributed by atoms with E-state index in [-0.39, 0.29) is 28.6 Å². The number of H-pyrrole nitrogens is 1. The van der Waals surface area contributed by atoms with Gasteiger partial charge in [-0.1, -0.05) is 0 Å². The fourth-order valence-corrected chi connectivity index (χ4v) is 3.52. The number of aromatic hydroxyl groups is 1. The summed E-state index contributed by atoms with van der Waals surface area (Å²) < 4.78 is 16.2. The molecule has 0 amide bonds. The molecule has 0 bridgehead atoms. The van der Waals surface area contributed by atoms with E-state index in [4.69, 9.17) is 14.2 Å². The van der Waals surface area contributed by atoms with Crippen LogP contribution in [0.1, 0.15) is 15.9 Å². The Balaban J connectivity index is 1.99. The van der Waals surface area contributed by atoms with Gasteiger partial charge in [0.25, 0.3) is 5.56 Å². The molecule has 3 aromatic rings. The number of rotatable bonds is 6. The van der Waals surface area contributed by atoms with E-state index < -0.39 is 0 Å². The smallest absolute Gasteiger partial charge is 0.266 e. The molecule has 150 valence electrons. The molecule has 29 heavy (non-hydrogen) atoms. The third kappa shape index (κ3) is 4.49. The van der Waals surface area contributed by atoms with Crippen molar-refractivity contribution in [1.29, 1.82) is 0 Å². The molecule has 0 aliphatic rings. The Morgan fingerprint density at radius 2 is 1.66 bits per heavy atom. The van der Waals surface area contributed by atoms with Crippen LogP contribution in [0, 0.1) is 0 Å². The molecule has 1 heterocycles. The molecule has 2 N–H and O–H groups in total. The van der Waals surface area contributed by atoms with E-state index in [0.717, 1.165) is 11.3 Å². The standard InChI is InChI=1S/C21H19NO6S/c1-26-14-6-4-13(5-7-14)15(23)11-19-22-21(25)18(29-19)10-12-8-16(27-2)20(24)17(9-12)28-3/h4-11,24H,1-3H3,(H,22,25)/b18-10+,19-11+. The van der Waals surface area contributed by atoms with E-state index in [1.54, 1.807) is 49.6 Å². The number of hydrogen-bond acceptors (Lipinski definition) is 7. The van der Waals surface area contributed by atoms with Crippen LogP contribution >= 0.6 is 11.3 Å². The van der Waals surface area contributed by atoms with Gasteiger partial charge in [0.2, 0.25) is 5.75 Å². The molecule has 0 unspecified atom stereocenters. The number of thiazole rings is 1. The average Bonchev–Trinajstić information content (AvgIpc) is 3.07. The number of aromatic nitrogens is 1. The molecular weight excluding hydrogens is 394 g/mol. The van der Waals surface area contributed by atoms with Crippen LogP contribution in [0.25, 0.3) is 12.2 Å². The summed E-state index contributed by atoms with van der Waals surface area (Å²) in [5, 5.41) is 10.00. The van der Waals surface area contributed by atoms with Gasteiger partial charge in [-0.3, -0.25) is 9.59 Å². The maximum Gasteiger partial charge on any atom is 0.266 e. The normalized spacial score (nSPS) is 12.1. The van der Waals surface area contributed by atoms with E-state index in [1.165, 1.54) is 20.3 Å². The summed E-state index contributed by atoms with van der Waals surface area (Å²) in [4.78, 5) is 27.4. The van der Waals surface area contributed by atoms with Crippen LogP contribution in [0.4, 0.5) is 0 Å². The molecule has 0 radical (unpaired) electrons. The first-order valence-corrected chi connectivity index (χ1v) is 9.32. The van der Waals surface area contributed by atoms with Crippen molar-refractivity contribution in [1.82, 2.24) is 4.98 Å². The lowest BCUT2D eigenvalue weighted by atomic mass is 10.1. The van der Waals surface area contributed by atoms with Crippen LogP contribution in [-0.2, 0) is 0 Å². The van der Waals surface area contributed by atoms with Gasteiger partial charge < -0.3 is 24.3 Å². The number of carbonyl (C=O) groups is 1. The van der Waals surface area contributed by atoms with Gasteiger partial charge in [0, 0.05) is 11.6 Å². The number of Topliss-reactive ketones (excluding diaryl/α,β-unsaturated/α-hetero) is 1. The second-order valence-electron chi connectivity index (χ2n) is 5.94. The number of carbonyl (C=O) groups excluding carboxylic acids is 1. The lowest BCUT2D eigenvalue weighted by Crippen LogP contribution is -2.20. The molecule has 8 heteroatoms. The Bertz CT molecular complexity index is 1180. The first kappa shape index (κ1) is 20.2. The minimum Gasteiger partial charge on any atom is -0.502 e. The van der Waals surface area contributed by atoms with Gasteiger partial charge in [-0.05, 0) is 48.0 Å². The van der Waals surface area contributed by atoms with Gasteiger partial charge in [-0.2, -0.15) is 0 Å². The topological polar surface area (TPSA) is 97.9 Å². The number of phenols is 1. The Morgan fingerprint density at radius 1 is 1.03 bits per heavy atom. The second kappa shape index (κ2) is 8.66. The Labute approximate surface area is 170 Å². The van der Waals surface area contributed by atoms with Gasteiger partial charge in [-0.25, -0.2) is 0 Å². The van der Waals surface area contributed by atoms with Gasteiger partial charge in [0.1, 0.15) is 5.75 Å². The van der Waals surface area contributed by atoms with Crippen LogP contribution in [0.5, 0.6) is 23.0 Å². The maximum atomic E-state index is 12.4. The zero-order valence-corrected chi connectivity index (χ0v) is 16.8. The summed E-state index contributed by atoms with van der Waals surface area (Å²) in [5.74, 6) is 0.758. The van der Waals surface area contributed by atoms with Crippen molar-refractivity contribution in [3.05, 3.63) is 67.1 Å². The van der Waals surface area contributed by atoms with Gasteiger partial charge in [-0.15, -0.1) is 11.3 Å². The van der Waals surface area contributed by atoms with E-state index in [1.807, 2.05) is 0 Å². The molecule has 0 spiro atoms. The fourth-order valence-electron chi connectivity index (χ4n) is 2.63. The maximum absolute atomic E-state index is 12.4. The highest BCUT2D eigenvalue weighted by Gasteiger charge is 2.10. The first-order valence-electron chi connectivity index (χ1n) is 8.51. The first-order chi connectivity index (χ1) is 13.9. The van der Waals surface area contributed by atoms with Crippen LogP contribution < -0.4 is 29.0 Å². The predicted molar refractivity (Wildman–Crippen MR) is 111 cm³/mol. The number of aromatic amines is 1. The molecule has 0 aliphatic heterocycles. The number of methoxy groups -OCH3 is 3. The molecule has 7 nitrogen and oxygen atoms in total. The van der Waals surface area contributed by atoms with Crippen LogP contribution in [-0.4, -0.2) is 37.2 Å². The van der Waals surface area contributed by atoms with Crippen molar-refractivity contribution < 1.29 is 24.1 Å². The SMILES string of the molecule is COc1ccc(C(=O)/C=c2\[nH]c(=O)/c(=C\c3cc(OC)c(O)c(OC)c3)s2)cc1. The summed E-state index contributed by atoms with van der Waals surface area (Å²) in [5.41, 5.74) is 0.769. The highest BCUT2D eigenvalue weighted by atomic mass is 32.1. The lowest BCUT2D eigenvalue weighted by Gasteiger charge is -2.09. The fraction of sp³-hybridized carbons (Fsp3) is 0.143. The van der Waals surface area contributed by atoms with Crippen molar-refractivity contribution in [2.24, 2.45) is 0 Å². The Morgan fingerprint density at radius 3 is 2.21 bits per heavy atom. The molecule has 0 saturated carbocycles. The van der Waals surface area contributed by atoms with Crippen molar-refractivity contribution in [2.45, 2.75) is 0 Å². The van der Waals surface area contributed by atoms with Crippen molar-refractivity contribution in [2.75, 3.05) is 21.3 Å². The average molecular weight is 413 g/mol. The molecule has 0 fully saturated rings. The highest BCUT2D eigenvalue weighted by Crippen LogP contribution is 2.37. The summed E-state index contributed by atoms with van der Waals surface area (Å²) >= 11 is 1.15. The molecule has 1 aromatic heterocycles. The monoisotopic (exact) mass is 413 g/mol. The molecule has 0 aliphatic carbocycles. The summed E-state index contributed by atoms with van der Waals surface area (Å²) in [7, 11) is 4.40. The zero-order chi connectivity index (χ0) is 21.0. The number of benzene rings is 2. The van der Waals surface area contributed by atoms with E-state index >= 15 is 0 Å². The van der Waals surface area contributed by atoms with Gasteiger partial charge in [0.05, 0.1) is 30.5 Å². The van der Waals surface area contributed by atoms with Crippen LogP contribution in [0.2, 0.25) is 0 Å². The second-order valence-corrected chi connectivity index (χ2v) is 7.02. The quantitative estimate of drug-likeness (QED) is 0.597. The van der Waals surface area contributed by atoms with Crippen LogP contribution in [0.3, 0.4) is 0 Å². The highest BCUT2D eigenvalue weighted by molar-refractivity contribution is 7.07. The third-order valence-electron chi connectivity index (χ3n) is 4.12. The zero-order valence-electron chi connectivity index (χ0n) is 16.0. The summed E-state index contributed by atoms with van der Waals surface area (Å²) in [6.45, 7) is 0. The molecule has 0 saturated heterocycles. The number of phenolic OH excluding ortho intramolecular Hbond substituents is 1. The Hall–Kier alpha value is -3.52. The molecule has 2 aromatic carbocycles. The number of ether oxygens (including phenoxy) is 3. The van der Waals surface area contributed by atoms with Crippen LogP contribution in [0.15, 0.2) is 41.2 Å². The minimum atomic E-state index is -0.324. The van der Waals surface area contributed by atoms with E-state index in [0.29, 0.717) is 26.1 Å². The van der Waals surface area contributed by atoms with Gasteiger partial charge in [0.15, 0.2) is 17.3 Å². The van der Waals surface area contributed by atoms with Crippen molar-refractivity contribution in [3.8, 4) is 23.0 Å². The number of hydrogen-bond donors (Lipinski definition) is 2. The summed E-state index contributed by atoms with van der Waals surface area (Å²) in [6.07, 6.45) is 3.01. The minimum absolute atomic E-state index is 0.119. The van der Waals surface area contributed by atoms with Crippen molar-refractivity contribution >= 4 is 29.3 Å². The third-order valence-corrected chi connectivity index (χ3v) is 5.08. The molecule has 0 atom stereocenters. The number of nitrogens with one attached hydrogen (secondary N) is 1. The summed E-state index contributed by atoms with van der Waals surface area (Å²) in [6, 6.07) is 9.88. The van der Waals surface area contributed by atoms with Crippen molar-refractivity contribution in [3.63, 3.8) is 0 Å². The molecular formula is C21H19NO6S. The lowest BCUT2D eigenvalue weighted by molar-refractivity contribution is 0.106. The predicted octanol–water partition coefficient (Wildman–Crippen LogP) is 1.66. The van der Waals surface area contributed by atoms with Gasteiger partial charge >= 0.3 is 0 Å². The van der Waals surface area contributed by atoms with E-state index in [9.17, 15) is 14.7 Å². The largest absolute Gasteiger partial charge is 0.502 e. The number of ketones is 1. The Kier molecular flexibility index (Phi) is 6.04.